The summed E-state index contributed by atoms with van der Waals surface area (Å²) in [5, 5.41) is 18.9. The molecule has 1 aliphatic heterocycles. The van der Waals surface area contributed by atoms with Gasteiger partial charge in [0.05, 0.1) is 18.1 Å². The van der Waals surface area contributed by atoms with Gasteiger partial charge in [-0.2, -0.15) is 0 Å². The van der Waals surface area contributed by atoms with Crippen molar-refractivity contribution in [2.24, 2.45) is 23.5 Å². The van der Waals surface area contributed by atoms with Crippen LogP contribution in [0.15, 0.2) is 0 Å². The molecule has 0 saturated carbocycles. The zero-order chi connectivity index (χ0) is 24.1. The van der Waals surface area contributed by atoms with Crippen molar-refractivity contribution in [1.82, 2.24) is 16.0 Å². The van der Waals surface area contributed by atoms with Gasteiger partial charge in [0.2, 0.25) is 11.8 Å². The van der Waals surface area contributed by atoms with E-state index in [1.54, 1.807) is 13.8 Å². The van der Waals surface area contributed by atoms with Crippen molar-refractivity contribution in [3.8, 4) is 0 Å². The SMILES string of the molecule is CCCCCCCC[C@@H]1CNC[C@H]1C(=O)N[C@H](C(=O)N[C@@H](CCN)C(=O)C(C)C)[C@H](C)O. The third-order valence-electron chi connectivity index (χ3n) is 6.35. The molecule has 1 saturated heterocycles. The molecule has 0 aliphatic carbocycles. The fourth-order valence-corrected chi connectivity index (χ4v) is 4.31. The summed E-state index contributed by atoms with van der Waals surface area (Å²) in [6, 6.07) is -1.84. The quantitative estimate of drug-likeness (QED) is 0.224. The van der Waals surface area contributed by atoms with Gasteiger partial charge in [-0.3, -0.25) is 14.4 Å². The van der Waals surface area contributed by atoms with E-state index in [0.29, 0.717) is 13.0 Å². The third kappa shape index (κ3) is 9.55. The number of ketones is 1. The zero-order valence-electron chi connectivity index (χ0n) is 20.5. The Labute approximate surface area is 193 Å². The third-order valence-corrected chi connectivity index (χ3v) is 6.35. The van der Waals surface area contributed by atoms with E-state index in [9.17, 15) is 19.5 Å². The lowest BCUT2D eigenvalue weighted by atomic mass is 9.89. The number of carbonyl (C=O) groups excluding carboxylic acids is 3. The fourth-order valence-electron chi connectivity index (χ4n) is 4.31. The van der Waals surface area contributed by atoms with Crippen LogP contribution in [-0.4, -0.2) is 60.5 Å². The second-order valence-electron chi connectivity index (χ2n) is 9.50. The Morgan fingerprint density at radius 3 is 2.28 bits per heavy atom. The van der Waals surface area contributed by atoms with Gasteiger partial charge in [0.25, 0.3) is 0 Å². The van der Waals surface area contributed by atoms with Gasteiger partial charge in [-0.1, -0.05) is 59.3 Å². The number of amides is 2. The smallest absolute Gasteiger partial charge is 0.245 e. The number of rotatable bonds is 16. The van der Waals surface area contributed by atoms with Crippen molar-refractivity contribution < 1.29 is 19.5 Å². The molecule has 1 heterocycles. The topological polar surface area (TPSA) is 134 Å². The molecular formula is C24H46N4O4. The van der Waals surface area contributed by atoms with Crippen molar-refractivity contribution >= 4 is 17.6 Å². The molecule has 8 nitrogen and oxygen atoms in total. The van der Waals surface area contributed by atoms with Crippen molar-refractivity contribution in [3.05, 3.63) is 0 Å². The lowest BCUT2D eigenvalue weighted by Crippen LogP contribution is -2.57. The highest BCUT2D eigenvalue weighted by atomic mass is 16.3. The van der Waals surface area contributed by atoms with Gasteiger partial charge in [0, 0.05) is 12.5 Å². The highest BCUT2D eigenvalue weighted by molar-refractivity contribution is 5.94. The molecule has 6 N–H and O–H groups in total. The highest BCUT2D eigenvalue weighted by Crippen LogP contribution is 2.24. The molecule has 1 aliphatic rings. The second kappa shape index (κ2) is 15.3. The monoisotopic (exact) mass is 454 g/mol. The number of hydrogen-bond acceptors (Lipinski definition) is 6. The van der Waals surface area contributed by atoms with E-state index in [1.165, 1.54) is 39.0 Å². The first-order valence-electron chi connectivity index (χ1n) is 12.5. The Hall–Kier alpha value is -1.51. The van der Waals surface area contributed by atoms with Gasteiger partial charge in [0.15, 0.2) is 5.78 Å². The minimum absolute atomic E-state index is 0.113. The molecule has 0 aromatic rings. The number of aliphatic hydroxyl groups is 1. The maximum Gasteiger partial charge on any atom is 0.245 e. The van der Waals surface area contributed by atoms with Crippen LogP contribution in [0.3, 0.4) is 0 Å². The van der Waals surface area contributed by atoms with E-state index in [4.69, 9.17) is 5.73 Å². The molecule has 186 valence electrons. The maximum atomic E-state index is 13.0. The number of carbonyl (C=O) groups is 3. The summed E-state index contributed by atoms with van der Waals surface area (Å²) >= 11 is 0. The molecule has 2 amide bonds. The molecule has 0 unspecified atom stereocenters. The highest BCUT2D eigenvalue weighted by Gasteiger charge is 2.36. The number of aliphatic hydroxyl groups excluding tert-OH is 1. The minimum Gasteiger partial charge on any atom is -0.391 e. The summed E-state index contributed by atoms with van der Waals surface area (Å²) in [6.45, 7) is 8.82. The molecular weight excluding hydrogens is 408 g/mol. The van der Waals surface area contributed by atoms with Gasteiger partial charge < -0.3 is 26.8 Å². The Morgan fingerprint density at radius 2 is 1.69 bits per heavy atom. The zero-order valence-corrected chi connectivity index (χ0v) is 20.5. The number of hydrogen-bond donors (Lipinski definition) is 5. The lowest BCUT2D eigenvalue weighted by Gasteiger charge is -2.27. The van der Waals surface area contributed by atoms with Crippen LogP contribution in [0.5, 0.6) is 0 Å². The van der Waals surface area contributed by atoms with Crippen LogP contribution >= 0.6 is 0 Å². The summed E-state index contributed by atoms with van der Waals surface area (Å²) < 4.78 is 0. The maximum absolute atomic E-state index is 13.0. The van der Waals surface area contributed by atoms with E-state index in [-0.39, 0.29) is 36.0 Å². The van der Waals surface area contributed by atoms with Crippen LogP contribution in [0.1, 0.15) is 79.1 Å². The first-order chi connectivity index (χ1) is 15.2. The number of Topliss-reactive ketones (excluding diaryl/α,β-unsaturated/α-hetero) is 1. The predicted molar refractivity (Wildman–Crippen MR) is 127 cm³/mol. The summed E-state index contributed by atoms with van der Waals surface area (Å²) in [5.41, 5.74) is 5.60. The Kier molecular flexibility index (Phi) is 13.7. The standard InChI is InChI=1S/C24H46N4O4/c1-5-6-7-8-9-10-11-18-14-26-15-19(18)23(31)28-21(17(4)29)24(32)27-20(12-13-25)22(30)16(2)3/h16-21,26,29H,5-15,25H2,1-4H3,(H,27,32)(H,28,31)/t17-,18+,19+,20-,21-/m0/s1. The normalized spacial score (nSPS) is 21.2. The Balaban J connectivity index is 2.66. The average Bonchev–Trinajstić information content (AvgIpc) is 3.21. The van der Waals surface area contributed by atoms with Gasteiger partial charge in [-0.15, -0.1) is 0 Å². The number of nitrogens with two attached hydrogens (primary N) is 1. The van der Waals surface area contributed by atoms with E-state index < -0.39 is 24.1 Å². The van der Waals surface area contributed by atoms with Gasteiger partial charge in [0.1, 0.15) is 6.04 Å². The average molecular weight is 455 g/mol. The van der Waals surface area contributed by atoms with E-state index in [0.717, 1.165) is 19.4 Å². The van der Waals surface area contributed by atoms with Crippen molar-refractivity contribution in [2.45, 2.75) is 97.2 Å². The van der Waals surface area contributed by atoms with Crippen molar-refractivity contribution in [1.29, 1.82) is 0 Å². The number of unbranched alkanes of at least 4 members (excludes halogenated alkanes) is 5. The van der Waals surface area contributed by atoms with E-state index >= 15 is 0 Å². The van der Waals surface area contributed by atoms with Gasteiger partial charge >= 0.3 is 0 Å². The van der Waals surface area contributed by atoms with Gasteiger partial charge in [-0.25, -0.2) is 0 Å². The number of nitrogens with one attached hydrogen (secondary N) is 3. The van der Waals surface area contributed by atoms with Crippen LogP contribution in [-0.2, 0) is 14.4 Å². The Bertz CT molecular complexity index is 582. The molecule has 1 rings (SSSR count). The molecule has 32 heavy (non-hydrogen) atoms. The van der Waals surface area contributed by atoms with E-state index in [2.05, 4.69) is 22.9 Å². The molecule has 0 spiro atoms. The molecule has 0 bridgehead atoms. The van der Waals surface area contributed by atoms with Crippen molar-refractivity contribution in [2.75, 3.05) is 19.6 Å². The molecule has 0 aromatic carbocycles. The molecule has 0 radical (unpaired) electrons. The predicted octanol–water partition coefficient (Wildman–Crippen LogP) is 1.50. The van der Waals surface area contributed by atoms with Crippen LogP contribution in [0.25, 0.3) is 0 Å². The lowest BCUT2D eigenvalue weighted by molar-refractivity contribution is -0.136. The van der Waals surface area contributed by atoms with Crippen LogP contribution in [0, 0.1) is 17.8 Å². The van der Waals surface area contributed by atoms with Gasteiger partial charge in [-0.05, 0) is 38.8 Å². The molecule has 8 heteroatoms. The largest absolute Gasteiger partial charge is 0.391 e. The molecule has 0 aromatic heterocycles. The fraction of sp³-hybridized carbons (Fsp3) is 0.875. The second-order valence-corrected chi connectivity index (χ2v) is 9.50. The molecule has 1 fully saturated rings. The molecule has 5 atom stereocenters. The minimum atomic E-state index is -1.11. The van der Waals surface area contributed by atoms with Crippen molar-refractivity contribution in [3.63, 3.8) is 0 Å². The summed E-state index contributed by atoms with van der Waals surface area (Å²) in [6.07, 6.45) is 7.47. The van der Waals surface area contributed by atoms with Crippen LogP contribution in [0.4, 0.5) is 0 Å². The van der Waals surface area contributed by atoms with E-state index in [1.807, 2.05) is 0 Å². The summed E-state index contributed by atoms with van der Waals surface area (Å²) in [7, 11) is 0. The first-order valence-corrected chi connectivity index (χ1v) is 12.5. The van der Waals surface area contributed by atoms with Crippen LogP contribution < -0.4 is 21.7 Å². The first kappa shape index (κ1) is 28.5. The summed E-state index contributed by atoms with van der Waals surface area (Å²) in [4.78, 5) is 38.2. The van der Waals surface area contributed by atoms with Crippen LogP contribution in [0.2, 0.25) is 0 Å². The Morgan fingerprint density at radius 1 is 1.03 bits per heavy atom. The summed E-state index contributed by atoms with van der Waals surface area (Å²) in [5.74, 6) is -1.14.